The fourth-order valence-corrected chi connectivity index (χ4v) is 4.31. The van der Waals surface area contributed by atoms with Crippen molar-refractivity contribution in [3.8, 4) is 5.75 Å². The number of halogens is 3. The minimum Gasteiger partial charge on any atom is -0.497 e. The van der Waals surface area contributed by atoms with Crippen LogP contribution in [-0.2, 0) is 29.1 Å². The fourth-order valence-electron chi connectivity index (χ4n) is 4.31. The lowest BCUT2D eigenvalue weighted by Crippen LogP contribution is -2.47. The summed E-state index contributed by atoms with van der Waals surface area (Å²) in [6.07, 6.45) is -2.55. The minimum atomic E-state index is -5.08. The Bertz CT molecular complexity index is 1320. The smallest absolute Gasteiger partial charge is 0.490 e. The van der Waals surface area contributed by atoms with Gasteiger partial charge in [0.25, 0.3) is 0 Å². The number of nitrogens with one attached hydrogen (secondary N) is 1. The molecule has 0 fully saturated rings. The highest BCUT2D eigenvalue weighted by molar-refractivity contribution is 6.06. The van der Waals surface area contributed by atoms with E-state index in [0.717, 1.165) is 42.3 Å². The number of hydrogen-bond acceptors (Lipinski definition) is 7. The lowest BCUT2D eigenvalue weighted by atomic mass is 9.99. The Hall–Kier alpha value is -4.35. The molecule has 12 heteroatoms. The maximum atomic E-state index is 13.2. The van der Waals surface area contributed by atoms with Gasteiger partial charge < -0.3 is 20.1 Å². The molecule has 2 aliphatic rings. The number of benzene rings is 2. The van der Waals surface area contributed by atoms with E-state index in [-0.39, 0.29) is 11.9 Å². The van der Waals surface area contributed by atoms with Crippen molar-refractivity contribution in [2.45, 2.75) is 38.7 Å². The van der Waals surface area contributed by atoms with Gasteiger partial charge in [0.05, 0.1) is 13.7 Å². The van der Waals surface area contributed by atoms with Crippen LogP contribution in [-0.4, -0.2) is 52.8 Å². The van der Waals surface area contributed by atoms with Gasteiger partial charge in [-0.3, -0.25) is 9.69 Å². The molecule has 0 saturated heterocycles. The second kappa shape index (κ2) is 11.0. The predicted octanol–water partition coefficient (Wildman–Crippen LogP) is 4.03. The SMILES string of the molecule is COc1ccc(CN2C(=O)C(C)Nc3ncnc(N4CCc5ccccc5C4)c32)cc1.O=C(O)C(F)(F)F. The molecule has 2 aromatic carbocycles. The summed E-state index contributed by atoms with van der Waals surface area (Å²) >= 11 is 0. The highest BCUT2D eigenvalue weighted by Crippen LogP contribution is 2.39. The van der Waals surface area contributed by atoms with Crippen LogP contribution in [0.4, 0.5) is 30.5 Å². The second-order valence-corrected chi connectivity index (χ2v) is 8.78. The molecule has 38 heavy (non-hydrogen) atoms. The van der Waals surface area contributed by atoms with E-state index in [2.05, 4.69) is 44.5 Å². The second-order valence-electron chi connectivity index (χ2n) is 8.78. The number of aliphatic carboxylic acids is 1. The van der Waals surface area contributed by atoms with Gasteiger partial charge >= 0.3 is 12.1 Å². The normalized spacial score (nSPS) is 16.4. The molecule has 0 bridgehead atoms. The van der Waals surface area contributed by atoms with Gasteiger partial charge in [0.1, 0.15) is 23.8 Å². The number of aromatic nitrogens is 2. The zero-order chi connectivity index (χ0) is 27.4. The molecule has 1 atom stereocenters. The summed E-state index contributed by atoms with van der Waals surface area (Å²) in [4.78, 5) is 35.3. The molecule has 0 aliphatic carbocycles. The molecule has 200 valence electrons. The number of carbonyl (C=O) groups is 2. The van der Waals surface area contributed by atoms with E-state index in [0.29, 0.717) is 12.4 Å². The van der Waals surface area contributed by atoms with E-state index in [1.165, 1.54) is 11.1 Å². The van der Waals surface area contributed by atoms with Crippen LogP contribution in [0.3, 0.4) is 0 Å². The van der Waals surface area contributed by atoms with Crippen molar-refractivity contribution in [2.75, 3.05) is 28.8 Å². The minimum absolute atomic E-state index is 0.0109. The summed E-state index contributed by atoms with van der Waals surface area (Å²) in [7, 11) is 1.65. The van der Waals surface area contributed by atoms with E-state index in [1.807, 2.05) is 36.1 Å². The third kappa shape index (κ3) is 5.79. The Balaban J connectivity index is 0.000000426. The first-order valence-electron chi connectivity index (χ1n) is 11.8. The van der Waals surface area contributed by atoms with Crippen LogP contribution >= 0.6 is 0 Å². The Morgan fingerprint density at radius 1 is 1.13 bits per heavy atom. The van der Waals surface area contributed by atoms with Crippen molar-refractivity contribution >= 4 is 29.2 Å². The van der Waals surface area contributed by atoms with Crippen LogP contribution in [0.2, 0.25) is 0 Å². The molecule has 3 heterocycles. The van der Waals surface area contributed by atoms with Gasteiger partial charge in [0, 0.05) is 13.1 Å². The topological polar surface area (TPSA) is 108 Å². The maximum absolute atomic E-state index is 13.2. The van der Waals surface area contributed by atoms with Crippen LogP contribution in [0.1, 0.15) is 23.6 Å². The first-order valence-corrected chi connectivity index (χ1v) is 11.8. The summed E-state index contributed by atoms with van der Waals surface area (Å²) in [5.41, 5.74) is 4.44. The molecule has 1 aromatic heterocycles. The molecule has 2 aliphatic heterocycles. The van der Waals surface area contributed by atoms with Crippen LogP contribution in [0.5, 0.6) is 5.75 Å². The number of ether oxygens (including phenoxy) is 1. The highest BCUT2D eigenvalue weighted by Gasteiger charge is 2.38. The number of anilines is 3. The summed E-state index contributed by atoms with van der Waals surface area (Å²) in [5.74, 6) is -0.463. The quantitative estimate of drug-likeness (QED) is 0.522. The Kier molecular flexibility index (Phi) is 7.70. The number of methoxy groups -OCH3 is 1. The van der Waals surface area contributed by atoms with Crippen molar-refractivity contribution in [2.24, 2.45) is 0 Å². The Morgan fingerprint density at radius 2 is 1.79 bits per heavy atom. The molecule has 3 aromatic rings. The molecule has 1 amide bonds. The van der Waals surface area contributed by atoms with Crippen molar-refractivity contribution in [1.29, 1.82) is 0 Å². The van der Waals surface area contributed by atoms with Crippen LogP contribution in [0.25, 0.3) is 0 Å². The highest BCUT2D eigenvalue weighted by atomic mass is 19.4. The number of fused-ring (bicyclic) bond motifs is 2. The molecule has 0 spiro atoms. The summed E-state index contributed by atoms with van der Waals surface area (Å²) in [6.45, 7) is 3.93. The Morgan fingerprint density at radius 3 is 2.42 bits per heavy atom. The molecular formula is C26H26F3N5O4. The van der Waals surface area contributed by atoms with Gasteiger partial charge in [-0.15, -0.1) is 0 Å². The first kappa shape index (κ1) is 26.7. The zero-order valence-corrected chi connectivity index (χ0v) is 20.7. The zero-order valence-electron chi connectivity index (χ0n) is 20.7. The summed E-state index contributed by atoms with van der Waals surface area (Å²) in [5, 5.41) is 10.4. The van der Waals surface area contributed by atoms with Gasteiger partial charge in [-0.05, 0) is 42.2 Å². The van der Waals surface area contributed by atoms with Gasteiger partial charge in [-0.2, -0.15) is 13.2 Å². The third-order valence-electron chi connectivity index (χ3n) is 6.23. The standard InChI is InChI=1S/C24H25N5O2.C2HF3O2/c1-16-24(30)29(13-17-7-9-20(31-2)10-8-17)21-22(27-16)25-15-26-23(21)28-12-11-18-5-3-4-6-19(18)14-28;3-2(4,5)1(6)7/h3-10,15-16H,11-14H2,1-2H3,(H,25,26,27);(H,6,7). The summed E-state index contributed by atoms with van der Waals surface area (Å²) in [6, 6.07) is 15.9. The number of carbonyl (C=O) groups excluding carboxylic acids is 1. The lowest BCUT2D eigenvalue weighted by molar-refractivity contribution is -0.192. The van der Waals surface area contributed by atoms with E-state index in [9.17, 15) is 18.0 Å². The van der Waals surface area contributed by atoms with Crippen molar-refractivity contribution in [1.82, 2.24) is 9.97 Å². The number of alkyl halides is 3. The average molecular weight is 530 g/mol. The lowest BCUT2D eigenvalue weighted by Gasteiger charge is -2.38. The van der Waals surface area contributed by atoms with Crippen LogP contribution in [0, 0.1) is 0 Å². The van der Waals surface area contributed by atoms with Crippen molar-refractivity contribution in [3.63, 3.8) is 0 Å². The van der Waals surface area contributed by atoms with Gasteiger partial charge in [-0.25, -0.2) is 14.8 Å². The number of rotatable bonds is 4. The Labute approximate surface area is 216 Å². The number of carboxylic acids is 1. The molecule has 5 rings (SSSR count). The molecule has 9 nitrogen and oxygen atoms in total. The average Bonchev–Trinajstić information content (AvgIpc) is 2.90. The fraction of sp³-hybridized carbons (Fsp3) is 0.308. The molecule has 1 unspecified atom stereocenters. The molecule has 0 radical (unpaired) electrons. The van der Waals surface area contributed by atoms with Crippen molar-refractivity contribution < 1.29 is 32.6 Å². The van der Waals surface area contributed by atoms with Gasteiger partial charge in [0.15, 0.2) is 11.6 Å². The predicted molar refractivity (Wildman–Crippen MR) is 134 cm³/mol. The van der Waals surface area contributed by atoms with Gasteiger partial charge in [-0.1, -0.05) is 36.4 Å². The molecule has 2 N–H and O–H groups in total. The van der Waals surface area contributed by atoms with Gasteiger partial charge in [0.2, 0.25) is 5.91 Å². The van der Waals surface area contributed by atoms with E-state index >= 15 is 0 Å². The molecule has 0 saturated carbocycles. The largest absolute Gasteiger partial charge is 0.497 e. The van der Waals surface area contributed by atoms with Crippen LogP contribution < -0.4 is 19.9 Å². The maximum Gasteiger partial charge on any atom is 0.490 e. The van der Waals surface area contributed by atoms with Crippen molar-refractivity contribution in [3.05, 3.63) is 71.5 Å². The summed E-state index contributed by atoms with van der Waals surface area (Å²) < 4.78 is 37.0. The monoisotopic (exact) mass is 529 g/mol. The van der Waals surface area contributed by atoms with Crippen LogP contribution in [0.15, 0.2) is 54.9 Å². The third-order valence-corrected chi connectivity index (χ3v) is 6.23. The molecular weight excluding hydrogens is 503 g/mol. The van der Waals surface area contributed by atoms with E-state index in [1.54, 1.807) is 13.4 Å². The first-order chi connectivity index (χ1) is 18.1. The number of carboxylic acid groups (broad SMARTS) is 1. The number of hydrogen-bond donors (Lipinski definition) is 2. The number of amides is 1. The van der Waals surface area contributed by atoms with E-state index < -0.39 is 12.1 Å². The van der Waals surface area contributed by atoms with E-state index in [4.69, 9.17) is 14.6 Å². The number of nitrogens with zero attached hydrogens (tertiary/aromatic N) is 4.